The summed E-state index contributed by atoms with van der Waals surface area (Å²) in [4.78, 5) is 24.9. The Balaban J connectivity index is 1.52. The molecular formula is C25H34FN6O7P. The van der Waals surface area contributed by atoms with Crippen LogP contribution in [0.5, 0.6) is 11.6 Å². The molecule has 4 rings (SSSR count). The van der Waals surface area contributed by atoms with Crippen molar-refractivity contribution in [3.05, 3.63) is 36.7 Å². The number of carbonyl (C=O) groups excluding carboxylic acids is 1. The quantitative estimate of drug-likeness (QED) is 0.235. The first-order valence-electron chi connectivity index (χ1n) is 12.9. The van der Waals surface area contributed by atoms with Gasteiger partial charge in [-0.1, -0.05) is 18.2 Å². The number of esters is 1. The Morgan fingerprint density at radius 3 is 2.70 bits per heavy atom. The van der Waals surface area contributed by atoms with E-state index in [1.165, 1.54) is 24.7 Å². The average Bonchev–Trinajstić information content (AvgIpc) is 3.42. The van der Waals surface area contributed by atoms with Crippen LogP contribution in [0.25, 0.3) is 11.2 Å². The molecule has 3 heterocycles. The molecule has 0 spiro atoms. The number of nitrogens with two attached hydrogens (primary N) is 1. The monoisotopic (exact) mass is 580 g/mol. The van der Waals surface area contributed by atoms with Crippen LogP contribution in [0.15, 0.2) is 36.7 Å². The Morgan fingerprint density at radius 2 is 2.02 bits per heavy atom. The fraction of sp³-hybridized carbons (Fsp3) is 0.520. The van der Waals surface area contributed by atoms with Crippen molar-refractivity contribution in [1.82, 2.24) is 24.6 Å². The van der Waals surface area contributed by atoms with Crippen molar-refractivity contribution in [3.8, 4) is 11.6 Å². The third-order valence-electron chi connectivity index (χ3n) is 5.86. The minimum atomic E-state index is -4.15. The summed E-state index contributed by atoms with van der Waals surface area (Å²) < 4.78 is 59.1. The number of halogens is 1. The molecule has 3 N–H and O–H groups in total. The number of nitrogen functional groups attached to an aromatic ring is 1. The maximum Gasteiger partial charge on any atom is 0.459 e. The van der Waals surface area contributed by atoms with Gasteiger partial charge in [-0.15, -0.1) is 0 Å². The number of nitrogens with one attached hydrogen (secondary N) is 1. The zero-order valence-corrected chi connectivity index (χ0v) is 23.8. The number of aromatic nitrogens is 4. The largest absolute Gasteiger partial charge is 0.476 e. The van der Waals surface area contributed by atoms with Gasteiger partial charge in [-0.25, -0.2) is 13.9 Å². The van der Waals surface area contributed by atoms with Gasteiger partial charge in [0.2, 0.25) is 11.8 Å². The van der Waals surface area contributed by atoms with Crippen LogP contribution < -0.4 is 20.1 Å². The van der Waals surface area contributed by atoms with Crippen molar-refractivity contribution in [1.29, 1.82) is 0 Å². The van der Waals surface area contributed by atoms with Crippen molar-refractivity contribution in [2.24, 2.45) is 0 Å². The molecule has 1 saturated heterocycles. The van der Waals surface area contributed by atoms with Crippen molar-refractivity contribution in [3.63, 3.8) is 0 Å². The van der Waals surface area contributed by atoms with E-state index in [-0.39, 0.29) is 42.4 Å². The van der Waals surface area contributed by atoms with Crippen LogP contribution in [0.3, 0.4) is 0 Å². The smallest absolute Gasteiger partial charge is 0.459 e. The van der Waals surface area contributed by atoms with E-state index in [2.05, 4.69) is 20.0 Å². The number of nitrogens with zero attached hydrogens (tertiary/aromatic N) is 4. The van der Waals surface area contributed by atoms with Crippen LogP contribution in [-0.2, 0) is 23.4 Å². The molecule has 0 amide bonds. The van der Waals surface area contributed by atoms with E-state index < -0.39 is 37.8 Å². The second-order valence-electron chi connectivity index (χ2n) is 9.77. The van der Waals surface area contributed by atoms with Gasteiger partial charge in [0, 0.05) is 6.42 Å². The molecule has 1 aliphatic rings. The van der Waals surface area contributed by atoms with E-state index in [1.54, 1.807) is 51.1 Å². The summed E-state index contributed by atoms with van der Waals surface area (Å²) >= 11 is 0. The Morgan fingerprint density at radius 1 is 1.30 bits per heavy atom. The molecule has 218 valence electrons. The topological polar surface area (TPSA) is 162 Å². The van der Waals surface area contributed by atoms with Gasteiger partial charge >= 0.3 is 13.7 Å². The van der Waals surface area contributed by atoms with Gasteiger partial charge < -0.3 is 24.5 Å². The third kappa shape index (κ3) is 6.87. The molecule has 0 bridgehead atoms. The van der Waals surface area contributed by atoms with Gasteiger partial charge in [0.05, 0.1) is 31.7 Å². The summed E-state index contributed by atoms with van der Waals surface area (Å²) in [7, 11) is -4.15. The number of hydrogen-bond donors (Lipinski definition) is 2. The molecule has 1 fully saturated rings. The maximum atomic E-state index is 15.9. The maximum absolute atomic E-state index is 15.9. The lowest BCUT2D eigenvalue weighted by molar-refractivity contribution is -0.149. The highest BCUT2D eigenvalue weighted by molar-refractivity contribution is 7.52. The summed E-state index contributed by atoms with van der Waals surface area (Å²) in [5.74, 6) is -0.275. The van der Waals surface area contributed by atoms with Crippen molar-refractivity contribution in [2.45, 2.75) is 71.2 Å². The molecule has 0 saturated carbocycles. The fourth-order valence-electron chi connectivity index (χ4n) is 4.20. The number of carbonyl (C=O) groups is 1. The summed E-state index contributed by atoms with van der Waals surface area (Å²) in [6, 6.07) is 7.30. The lowest BCUT2D eigenvalue weighted by atomic mass is 10.0. The number of ether oxygens (including phenoxy) is 3. The average molecular weight is 581 g/mol. The van der Waals surface area contributed by atoms with E-state index in [0.29, 0.717) is 12.1 Å². The summed E-state index contributed by atoms with van der Waals surface area (Å²) in [5.41, 5.74) is 4.50. The van der Waals surface area contributed by atoms with Crippen LogP contribution in [0, 0.1) is 0 Å². The van der Waals surface area contributed by atoms with Gasteiger partial charge in [0.15, 0.2) is 23.1 Å². The predicted octanol–water partition coefficient (Wildman–Crippen LogP) is 3.96. The predicted molar refractivity (Wildman–Crippen MR) is 143 cm³/mol. The number of fused-ring (bicyclic) bond motifs is 1. The first-order chi connectivity index (χ1) is 18.9. The zero-order chi connectivity index (χ0) is 29.1. The highest BCUT2D eigenvalue weighted by Gasteiger charge is 2.48. The SMILES string of the molecule is CCOc1nc(N)nc2c1ncn2[C@@H]1O[C@H](CO[P@@](=O)(N[C@H](C)C(=O)OC(C)C)Oc2ccccc2)C[C@@]1(C)F. The molecule has 5 atom stereocenters. The minimum absolute atomic E-state index is 0.0636. The molecule has 15 heteroatoms. The molecule has 0 unspecified atom stereocenters. The summed E-state index contributed by atoms with van der Waals surface area (Å²) in [6.45, 7) is 8.05. The molecule has 13 nitrogen and oxygen atoms in total. The Labute approximate surface area is 231 Å². The van der Waals surface area contributed by atoms with Gasteiger partial charge in [0.25, 0.3) is 0 Å². The van der Waals surface area contributed by atoms with E-state index >= 15 is 4.39 Å². The zero-order valence-electron chi connectivity index (χ0n) is 22.9. The Hall–Kier alpha value is -3.32. The number of hydrogen-bond acceptors (Lipinski definition) is 11. The van der Waals surface area contributed by atoms with E-state index in [9.17, 15) is 9.36 Å². The second-order valence-corrected chi connectivity index (χ2v) is 11.5. The van der Waals surface area contributed by atoms with Crippen LogP contribution in [0.1, 0.15) is 47.3 Å². The van der Waals surface area contributed by atoms with Crippen LogP contribution in [0.4, 0.5) is 10.3 Å². The van der Waals surface area contributed by atoms with Crippen LogP contribution >= 0.6 is 7.75 Å². The molecular weight excluding hydrogens is 546 g/mol. The fourth-order valence-corrected chi connectivity index (χ4v) is 5.72. The van der Waals surface area contributed by atoms with E-state index in [0.717, 1.165) is 0 Å². The lowest BCUT2D eigenvalue weighted by Crippen LogP contribution is -2.36. The van der Waals surface area contributed by atoms with E-state index in [1.807, 2.05) is 0 Å². The number of rotatable bonds is 12. The number of alkyl halides is 1. The lowest BCUT2D eigenvalue weighted by Gasteiger charge is -2.24. The molecule has 2 aromatic heterocycles. The van der Waals surface area contributed by atoms with Gasteiger partial charge in [-0.2, -0.15) is 15.1 Å². The second kappa shape index (κ2) is 12.0. The summed E-state index contributed by atoms with van der Waals surface area (Å²) in [5, 5.41) is 2.61. The number of anilines is 1. The highest BCUT2D eigenvalue weighted by Crippen LogP contribution is 2.48. The van der Waals surface area contributed by atoms with Gasteiger partial charge in [-0.05, 0) is 46.8 Å². The molecule has 3 aromatic rings. The van der Waals surface area contributed by atoms with Crippen LogP contribution in [-0.4, -0.2) is 62.6 Å². The number of benzene rings is 1. The molecule has 1 aromatic carbocycles. The number of imidazole rings is 1. The van der Waals surface area contributed by atoms with E-state index in [4.69, 9.17) is 29.0 Å². The molecule has 40 heavy (non-hydrogen) atoms. The number of para-hydroxylation sites is 1. The first kappa shape index (κ1) is 29.7. The summed E-state index contributed by atoms with van der Waals surface area (Å²) in [6.07, 6.45) is -1.10. The highest BCUT2D eigenvalue weighted by atomic mass is 31.2. The van der Waals surface area contributed by atoms with Gasteiger partial charge in [-0.3, -0.25) is 13.9 Å². The van der Waals surface area contributed by atoms with Gasteiger partial charge in [0.1, 0.15) is 11.8 Å². The Kier molecular flexibility index (Phi) is 8.93. The van der Waals surface area contributed by atoms with Crippen molar-refractivity contribution in [2.75, 3.05) is 18.9 Å². The normalized spacial score (nSPS) is 23.2. The minimum Gasteiger partial charge on any atom is -0.476 e. The van der Waals surface area contributed by atoms with Crippen molar-refractivity contribution < 1.29 is 37.0 Å². The first-order valence-corrected chi connectivity index (χ1v) is 14.4. The standard InChI is InChI=1S/C25H34FN6O7P/c1-6-35-21-19-20(29-24(27)30-21)32(14-28-19)23-25(5,26)12-18(38-23)13-36-40(34,39-17-10-8-7-9-11-17)31-16(4)22(33)37-15(2)3/h7-11,14-16,18,23H,6,12-13H2,1-5H3,(H,31,34)(H2,27,29,30)/t16-,18+,23-,25-,40+/m1/s1. The Bertz CT molecular complexity index is 1370. The molecule has 0 radical (unpaired) electrons. The van der Waals surface area contributed by atoms with Crippen LogP contribution in [0.2, 0.25) is 0 Å². The third-order valence-corrected chi connectivity index (χ3v) is 7.50. The molecule has 1 aliphatic heterocycles. The van der Waals surface area contributed by atoms with Crippen molar-refractivity contribution >= 4 is 30.8 Å². The molecule has 0 aliphatic carbocycles.